The molecule has 0 aliphatic heterocycles. The Labute approximate surface area is 133 Å². The molecule has 0 aliphatic carbocycles. The molecule has 1 aromatic heterocycles. The van der Waals surface area contributed by atoms with Crippen molar-refractivity contribution in [2.75, 3.05) is 5.32 Å². The molecule has 2 N–H and O–H groups in total. The minimum absolute atomic E-state index is 0.119. The van der Waals surface area contributed by atoms with Crippen LogP contribution in [0, 0.1) is 18.3 Å². The first-order valence-electron chi connectivity index (χ1n) is 7.35. The second-order valence-electron chi connectivity index (χ2n) is 5.52. The van der Waals surface area contributed by atoms with Crippen molar-refractivity contribution in [3.63, 3.8) is 0 Å². The van der Waals surface area contributed by atoms with Crippen LogP contribution in [0.4, 0.5) is 5.82 Å². The van der Waals surface area contributed by atoms with Gasteiger partial charge in [0.1, 0.15) is 0 Å². The predicted molar refractivity (Wildman–Crippen MR) is 89.0 cm³/mol. The second-order valence-corrected chi connectivity index (χ2v) is 5.52. The average Bonchev–Trinajstić information content (AvgIpc) is 2.96. The van der Waals surface area contributed by atoms with Crippen LogP contribution < -0.4 is 5.32 Å². The minimum Gasteiger partial charge on any atom is -0.308 e. The van der Waals surface area contributed by atoms with Crippen molar-refractivity contribution < 1.29 is 4.79 Å². The summed E-state index contributed by atoms with van der Waals surface area (Å²) in [5, 5.41) is 19.8. The van der Waals surface area contributed by atoms with Crippen molar-refractivity contribution >= 4 is 22.6 Å². The van der Waals surface area contributed by atoms with Gasteiger partial charge >= 0.3 is 0 Å². The molecule has 5 heteroatoms. The Balaban J connectivity index is 1.89. The molecule has 23 heavy (non-hydrogen) atoms. The number of hydrogen-bond acceptors (Lipinski definition) is 3. The maximum absolute atomic E-state index is 12.4. The zero-order valence-electron chi connectivity index (χ0n) is 12.9. The van der Waals surface area contributed by atoms with Gasteiger partial charge in [0.05, 0.1) is 23.1 Å². The van der Waals surface area contributed by atoms with Crippen molar-refractivity contribution in [2.45, 2.75) is 19.8 Å². The largest absolute Gasteiger partial charge is 0.308 e. The number of rotatable bonds is 3. The number of nitriles is 1. The van der Waals surface area contributed by atoms with Gasteiger partial charge < -0.3 is 5.32 Å². The third kappa shape index (κ3) is 2.79. The van der Waals surface area contributed by atoms with E-state index in [9.17, 15) is 4.79 Å². The van der Waals surface area contributed by atoms with Gasteiger partial charge in [0.2, 0.25) is 5.91 Å². The first kappa shape index (κ1) is 14.8. The van der Waals surface area contributed by atoms with Crippen LogP contribution >= 0.6 is 0 Å². The third-order valence-electron chi connectivity index (χ3n) is 3.96. The molecule has 0 aliphatic rings. The van der Waals surface area contributed by atoms with Gasteiger partial charge in [-0.05, 0) is 37.1 Å². The molecule has 5 nitrogen and oxygen atoms in total. The summed E-state index contributed by atoms with van der Waals surface area (Å²) in [5.41, 5.74) is 3.13. The van der Waals surface area contributed by atoms with Crippen LogP contribution in [0.2, 0.25) is 0 Å². The molecule has 114 valence electrons. The average molecular weight is 304 g/mol. The SMILES string of the molecule is Cc1cc2c(NC(=O)[C@@H](C)c3ccccc3)n[nH]c2cc1C#N. The number of nitrogens with one attached hydrogen (secondary N) is 2. The number of carbonyl (C=O) groups is 1. The van der Waals surface area contributed by atoms with Gasteiger partial charge in [-0.15, -0.1) is 0 Å². The van der Waals surface area contributed by atoms with E-state index >= 15 is 0 Å². The van der Waals surface area contributed by atoms with Crippen molar-refractivity contribution in [1.82, 2.24) is 10.2 Å². The first-order chi connectivity index (χ1) is 11.1. The first-order valence-corrected chi connectivity index (χ1v) is 7.35. The number of H-pyrrole nitrogens is 1. The molecular formula is C18H16N4O. The lowest BCUT2D eigenvalue weighted by molar-refractivity contribution is -0.117. The predicted octanol–water partition coefficient (Wildman–Crippen LogP) is 3.49. The number of aromatic amines is 1. The Morgan fingerprint density at radius 3 is 2.74 bits per heavy atom. The molecule has 1 atom stereocenters. The van der Waals surface area contributed by atoms with Crippen molar-refractivity contribution in [3.8, 4) is 6.07 Å². The fourth-order valence-electron chi connectivity index (χ4n) is 2.51. The van der Waals surface area contributed by atoms with Crippen LogP contribution in [0.15, 0.2) is 42.5 Å². The highest BCUT2D eigenvalue weighted by Gasteiger charge is 2.17. The molecule has 1 heterocycles. The third-order valence-corrected chi connectivity index (χ3v) is 3.96. The highest BCUT2D eigenvalue weighted by Crippen LogP contribution is 2.25. The van der Waals surface area contributed by atoms with Crippen LogP contribution in [0.3, 0.4) is 0 Å². The summed E-state index contributed by atoms with van der Waals surface area (Å²) in [4.78, 5) is 12.4. The molecule has 0 bridgehead atoms. The smallest absolute Gasteiger partial charge is 0.232 e. The Bertz CT molecular complexity index is 906. The van der Waals surface area contributed by atoms with E-state index < -0.39 is 0 Å². The Kier molecular flexibility index (Phi) is 3.82. The Morgan fingerprint density at radius 1 is 1.30 bits per heavy atom. The number of hydrogen-bond donors (Lipinski definition) is 2. The lowest BCUT2D eigenvalue weighted by Crippen LogP contribution is -2.19. The standard InChI is InChI=1S/C18H16N4O/c1-11-8-15-16(9-14(11)10-19)21-22-17(15)20-18(23)12(2)13-6-4-3-5-7-13/h3-9,12H,1-2H3,(H2,20,21,22,23)/t12-/m0/s1. The van der Waals surface area contributed by atoms with Crippen LogP contribution in [0.1, 0.15) is 29.5 Å². The van der Waals surface area contributed by atoms with Gasteiger partial charge in [-0.3, -0.25) is 9.89 Å². The molecular weight excluding hydrogens is 288 g/mol. The van der Waals surface area contributed by atoms with Crippen LogP contribution in [-0.2, 0) is 4.79 Å². The molecule has 0 saturated carbocycles. The fourth-order valence-corrected chi connectivity index (χ4v) is 2.51. The number of benzene rings is 2. The summed E-state index contributed by atoms with van der Waals surface area (Å²) in [6, 6.07) is 15.3. The number of carbonyl (C=O) groups excluding carboxylic acids is 1. The van der Waals surface area contributed by atoms with E-state index in [-0.39, 0.29) is 11.8 Å². The number of anilines is 1. The lowest BCUT2D eigenvalue weighted by Gasteiger charge is -2.11. The monoisotopic (exact) mass is 304 g/mol. The second kappa shape index (κ2) is 5.93. The molecule has 0 radical (unpaired) electrons. The van der Waals surface area contributed by atoms with E-state index in [0.717, 1.165) is 22.0 Å². The Hall–Kier alpha value is -3.13. The number of fused-ring (bicyclic) bond motifs is 1. The van der Waals surface area contributed by atoms with Gasteiger partial charge in [-0.1, -0.05) is 30.3 Å². The molecule has 0 fully saturated rings. The summed E-state index contributed by atoms with van der Waals surface area (Å²) in [6.07, 6.45) is 0. The normalized spacial score (nSPS) is 11.9. The molecule has 0 saturated heterocycles. The molecule has 3 aromatic rings. The van der Waals surface area contributed by atoms with E-state index in [1.807, 2.05) is 50.2 Å². The van der Waals surface area contributed by atoms with Crippen LogP contribution in [-0.4, -0.2) is 16.1 Å². The van der Waals surface area contributed by atoms with E-state index in [2.05, 4.69) is 21.6 Å². The topological polar surface area (TPSA) is 81.6 Å². The van der Waals surface area contributed by atoms with Gasteiger partial charge in [0, 0.05) is 5.39 Å². The number of nitrogens with zero attached hydrogens (tertiary/aromatic N) is 2. The van der Waals surface area contributed by atoms with E-state index in [4.69, 9.17) is 5.26 Å². The van der Waals surface area contributed by atoms with Crippen molar-refractivity contribution in [3.05, 3.63) is 59.2 Å². The highest BCUT2D eigenvalue weighted by atomic mass is 16.1. The van der Waals surface area contributed by atoms with Crippen molar-refractivity contribution in [1.29, 1.82) is 5.26 Å². The van der Waals surface area contributed by atoms with E-state index in [1.54, 1.807) is 6.07 Å². The maximum Gasteiger partial charge on any atom is 0.232 e. The highest BCUT2D eigenvalue weighted by molar-refractivity contribution is 6.02. The van der Waals surface area contributed by atoms with Gasteiger partial charge in [0.15, 0.2) is 5.82 Å². The fraction of sp³-hybridized carbons (Fsp3) is 0.167. The summed E-state index contributed by atoms with van der Waals surface area (Å²) >= 11 is 0. The van der Waals surface area contributed by atoms with Crippen molar-refractivity contribution in [2.24, 2.45) is 0 Å². The maximum atomic E-state index is 12.4. The van der Waals surface area contributed by atoms with Crippen LogP contribution in [0.25, 0.3) is 10.9 Å². The molecule has 0 unspecified atom stereocenters. The zero-order chi connectivity index (χ0) is 16.4. The Morgan fingerprint density at radius 2 is 2.04 bits per heavy atom. The van der Waals surface area contributed by atoms with Gasteiger partial charge in [0.25, 0.3) is 0 Å². The lowest BCUT2D eigenvalue weighted by atomic mass is 10.0. The molecule has 0 spiro atoms. The summed E-state index contributed by atoms with van der Waals surface area (Å²) in [5.74, 6) is 0.0920. The molecule has 1 amide bonds. The number of aromatic nitrogens is 2. The summed E-state index contributed by atoms with van der Waals surface area (Å²) < 4.78 is 0. The molecule has 2 aromatic carbocycles. The van der Waals surface area contributed by atoms with Gasteiger partial charge in [-0.25, -0.2) is 0 Å². The van der Waals surface area contributed by atoms with Crippen LogP contribution in [0.5, 0.6) is 0 Å². The van der Waals surface area contributed by atoms with E-state index in [1.165, 1.54) is 0 Å². The zero-order valence-corrected chi connectivity index (χ0v) is 12.9. The number of amides is 1. The minimum atomic E-state index is -0.276. The summed E-state index contributed by atoms with van der Waals surface area (Å²) in [7, 11) is 0. The summed E-state index contributed by atoms with van der Waals surface area (Å²) in [6.45, 7) is 3.72. The van der Waals surface area contributed by atoms with Gasteiger partial charge in [-0.2, -0.15) is 10.4 Å². The molecule has 3 rings (SSSR count). The quantitative estimate of drug-likeness (QED) is 0.777. The number of aryl methyl sites for hydroxylation is 1. The van der Waals surface area contributed by atoms with E-state index in [0.29, 0.717) is 11.4 Å².